The normalized spacial score (nSPS) is 14.5. The molecule has 0 radical (unpaired) electrons. The molecule has 3 rings (SSSR count). The van der Waals surface area contributed by atoms with Crippen LogP contribution in [-0.2, 0) is 4.79 Å². The predicted molar refractivity (Wildman–Crippen MR) is 97.4 cm³/mol. The largest absolute Gasteiger partial charge is 0.374 e. The van der Waals surface area contributed by atoms with Crippen molar-refractivity contribution in [3.05, 3.63) is 59.3 Å². The molecular formula is C18H21N5O2. The molecular weight excluding hydrogens is 318 g/mol. The highest BCUT2D eigenvalue weighted by Gasteiger charge is 2.29. The van der Waals surface area contributed by atoms with E-state index in [1.165, 1.54) is 0 Å². The number of likely N-dealkylation sites (N-methyl/N-ethyl adjacent to an activating group) is 1. The first-order valence-corrected chi connectivity index (χ1v) is 8.17. The third-order valence-electron chi connectivity index (χ3n) is 4.05. The van der Waals surface area contributed by atoms with Gasteiger partial charge in [-0.3, -0.25) is 14.6 Å². The van der Waals surface area contributed by atoms with Crippen molar-refractivity contribution in [2.75, 3.05) is 32.0 Å². The third kappa shape index (κ3) is 4.13. The van der Waals surface area contributed by atoms with Gasteiger partial charge >= 0.3 is 0 Å². The van der Waals surface area contributed by atoms with Crippen molar-refractivity contribution in [2.24, 2.45) is 0 Å². The number of carbonyl (C=O) groups excluding carboxylic acids is 1. The maximum Gasteiger partial charge on any atom is 0.271 e. The molecule has 1 saturated heterocycles. The quantitative estimate of drug-likeness (QED) is 0.679. The van der Waals surface area contributed by atoms with Gasteiger partial charge in [-0.1, -0.05) is 6.08 Å². The number of likely N-dealkylation sites (tertiary alicyclic amines) is 1. The van der Waals surface area contributed by atoms with E-state index in [1.54, 1.807) is 35.6 Å². The first-order chi connectivity index (χ1) is 12.2. The molecule has 0 spiro atoms. The number of rotatable bonds is 6. The number of aromatic nitrogens is 2. The zero-order chi connectivity index (χ0) is 17.6. The van der Waals surface area contributed by atoms with E-state index in [0.29, 0.717) is 25.3 Å². The van der Waals surface area contributed by atoms with E-state index in [9.17, 15) is 9.59 Å². The van der Waals surface area contributed by atoms with Crippen LogP contribution in [0.5, 0.6) is 0 Å². The van der Waals surface area contributed by atoms with Crippen LogP contribution in [0.15, 0.2) is 53.7 Å². The summed E-state index contributed by atoms with van der Waals surface area (Å²) in [6.45, 7) is 1.84. The summed E-state index contributed by atoms with van der Waals surface area (Å²) < 4.78 is 0. The Labute approximate surface area is 145 Å². The summed E-state index contributed by atoms with van der Waals surface area (Å²) >= 11 is 0. The molecule has 2 aromatic rings. The summed E-state index contributed by atoms with van der Waals surface area (Å²) in [7, 11) is 1.83. The second-order valence-electron chi connectivity index (χ2n) is 5.91. The fraction of sp³-hybridized carbons (Fsp3) is 0.278. The van der Waals surface area contributed by atoms with Crippen LogP contribution in [0.3, 0.4) is 0 Å². The summed E-state index contributed by atoms with van der Waals surface area (Å²) in [5, 5.41) is 6.17. The molecule has 0 unspecified atom stereocenters. The molecule has 1 fully saturated rings. The van der Waals surface area contributed by atoms with E-state index < -0.39 is 0 Å². The van der Waals surface area contributed by atoms with E-state index in [0.717, 1.165) is 11.1 Å². The molecule has 0 atom stereocenters. The Morgan fingerprint density at radius 3 is 2.84 bits per heavy atom. The van der Waals surface area contributed by atoms with Crippen molar-refractivity contribution in [3.63, 3.8) is 0 Å². The second-order valence-corrected chi connectivity index (χ2v) is 5.91. The van der Waals surface area contributed by atoms with Crippen LogP contribution in [-0.4, -0.2) is 53.5 Å². The number of H-pyrrole nitrogens is 1. The fourth-order valence-corrected chi connectivity index (χ4v) is 2.65. The van der Waals surface area contributed by atoms with Gasteiger partial charge in [0.05, 0.1) is 6.04 Å². The summed E-state index contributed by atoms with van der Waals surface area (Å²) in [5.74, 6) is -0.00672. The van der Waals surface area contributed by atoms with Gasteiger partial charge in [-0.05, 0) is 30.8 Å². The molecule has 1 aliphatic rings. The number of aromatic amines is 1. The average Bonchev–Trinajstić information content (AvgIpc) is 2.60. The summed E-state index contributed by atoms with van der Waals surface area (Å²) in [5.41, 5.74) is 2.23. The molecule has 3 N–H and O–H groups in total. The minimum atomic E-state index is -0.170. The van der Waals surface area contributed by atoms with Crippen molar-refractivity contribution in [2.45, 2.75) is 6.04 Å². The number of nitrogens with zero attached hydrogens (tertiary/aromatic N) is 2. The summed E-state index contributed by atoms with van der Waals surface area (Å²) in [6, 6.07) is 5.68. The molecule has 0 saturated carbocycles. The Balaban J connectivity index is 1.61. The number of nitrogens with one attached hydrogen (secondary N) is 3. The Morgan fingerprint density at radius 2 is 2.12 bits per heavy atom. The second kappa shape index (κ2) is 7.76. The van der Waals surface area contributed by atoms with Crippen LogP contribution >= 0.6 is 0 Å². The molecule has 0 aromatic carbocycles. The summed E-state index contributed by atoms with van der Waals surface area (Å²) in [4.78, 5) is 32.4. The van der Waals surface area contributed by atoms with Crippen molar-refractivity contribution in [3.8, 4) is 11.1 Å². The smallest absolute Gasteiger partial charge is 0.271 e. The van der Waals surface area contributed by atoms with Crippen molar-refractivity contribution in [1.29, 1.82) is 0 Å². The van der Waals surface area contributed by atoms with Gasteiger partial charge in [0.1, 0.15) is 5.69 Å². The van der Waals surface area contributed by atoms with Gasteiger partial charge in [-0.25, -0.2) is 0 Å². The molecule has 130 valence electrons. The molecule has 7 nitrogen and oxygen atoms in total. The lowest BCUT2D eigenvalue weighted by molar-refractivity contribution is -0.129. The van der Waals surface area contributed by atoms with Crippen LogP contribution < -0.4 is 16.2 Å². The monoisotopic (exact) mass is 339 g/mol. The SMILES string of the molecule is CNC/C=C/C(=O)N1CC(Nc2cc(-c3ccncc3)c[nH]c2=O)C1. The first-order valence-electron chi connectivity index (χ1n) is 8.17. The maximum absolute atomic E-state index is 12.0. The fourth-order valence-electron chi connectivity index (χ4n) is 2.65. The standard InChI is InChI=1S/C18H21N5O2/c1-19-6-2-3-17(24)23-11-15(12-23)22-16-9-14(10-21-18(16)25)13-4-7-20-8-5-13/h2-5,7-10,15,19,22H,6,11-12H2,1H3,(H,21,25)/b3-2+. The van der Waals surface area contributed by atoms with E-state index in [2.05, 4.69) is 20.6 Å². The van der Waals surface area contributed by atoms with Crippen LogP contribution in [0.4, 0.5) is 5.69 Å². The van der Waals surface area contributed by atoms with Gasteiger partial charge in [0, 0.05) is 49.9 Å². The Hall–Kier alpha value is -2.93. The third-order valence-corrected chi connectivity index (χ3v) is 4.05. The van der Waals surface area contributed by atoms with Crippen molar-refractivity contribution in [1.82, 2.24) is 20.2 Å². The van der Waals surface area contributed by atoms with Crippen molar-refractivity contribution < 1.29 is 4.79 Å². The van der Waals surface area contributed by atoms with Gasteiger partial charge in [-0.15, -0.1) is 0 Å². The zero-order valence-corrected chi connectivity index (χ0v) is 14.0. The van der Waals surface area contributed by atoms with Gasteiger partial charge in [-0.2, -0.15) is 0 Å². The van der Waals surface area contributed by atoms with E-state index in [4.69, 9.17) is 0 Å². The first kappa shape index (κ1) is 16.9. The van der Waals surface area contributed by atoms with Crippen LogP contribution in [0.25, 0.3) is 11.1 Å². The minimum Gasteiger partial charge on any atom is -0.374 e. The highest BCUT2D eigenvalue weighted by molar-refractivity contribution is 5.88. The predicted octanol–water partition coefficient (Wildman–Crippen LogP) is 0.835. The van der Waals surface area contributed by atoms with E-state index in [-0.39, 0.29) is 17.5 Å². The minimum absolute atomic E-state index is 0.00672. The van der Waals surface area contributed by atoms with Gasteiger partial charge < -0.3 is 20.5 Å². The molecule has 3 heterocycles. The Kier molecular flexibility index (Phi) is 5.25. The number of hydrogen-bond donors (Lipinski definition) is 3. The van der Waals surface area contributed by atoms with Crippen LogP contribution in [0.2, 0.25) is 0 Å². The summed E-state index contributed by atoms with van der Waals surface area (Å²) in [6.07, 6.45) is 8.48. The van der Waals surface area contributed by atoms with E-state index in [1.807, 2.05) is 25.2 Å². The molecule has 7 heteroatoms. The molecule has 2 aromatic heterocycles. The maximum atomic E-state index is 12.0. The van der Waals surface area contributed by atoms with Gasteiger partial charge in [0.15, 0.2) is 0 Å². The molecule has 0 aliphatic carbocycles. The number of carbonyl (C=O) groups is 1. The van der Waals surface area contributed by atoms with Crippen LogP contribution in [0.1, 0.15) is 0 Å². The van der Waals surface area contributed by atoms with Crippen LogP contribution in [0, 0.1) is 0 Å². The topological polar surface area (TPSA) is 90.1 Å². The van der Waals surface area contributed by atoms with Gasteiger partial charge in [0.2, 0.25) is 5.91 Å². The molecule has 25 heavy (non-hydrogen) atoms. The number of hydrogen-bond acceptors (Lipinski definition) is 5. The number of anilines is 1. The molecule has 0 bridgehead atoms. The lowest BCUT2D eigenvalue weighted by Crippen LogP contribution is -2.57. The molecule has 1 aliphatic heterocycles. The molecule has 1 amide bonds. The highest BCUT2D eigenvalue weighted by atomic mass is 16.2. The zero-order valence-electron chi connectivity index (χ0n) is 14.0. The highest BCUT2D eigenvalue weighted by Crippen LogP contribution is 2.20. The average molecular weight is 339 g/mol. The number of pyridine rings is 2. The lowest BCUT2D eigenvalue weighted by atomic mass is 10.1. The Bertz CT molecular complexity index is 810. The number of amides is 1. The van der Waals surface area contributed by atoms with Gasteiger partial charge in [0.25, 0.3) is 5.56 Å². The Morgan fingerprint density at radius 1 is 1.36 bits per heavy atom. The van der Waals surface area contributed by atoms with E-state index >= 15 is 0 Å². The van der Waals surface area contributed by atoms with Crippen molar-refractivity contribution >= 4 is 11.6 Å². The lowest BCUT2D eigenvalue weighted by Gasteiger charge is -2.39.